The zero-order valence-corrected chi connectivity index (χ0v) is 15.7. The van der Waals surface area contributed by atoms with Crippen molar-refractivity contribution in [1.29, 1.82) is 0 Å². The number of rotatable bonds is 2. The van der Waals surface area contributed by atoms with E-state index < -0.39 is 6.09 Å². The number of hydrogen-bond acceptors (Lipinski definition) is 4. The van der Waals surface area contributed by atoms with Crippen LogP contribution in [0.4, 0.5) is 20.6 Å². The van der Waals surface area contributed by atoms with Gasteiger partial charge in [-0.05, 0) is 17.9 Å². The average Bonchev–Trinajstić information content (AvgIpc) is 2.88. The quantitative estimate of drug-likeness (QED) is 0.857. The maximum Gasteiger partial charge on any atom is 0.407 e. The third kappa shape index (κ3) is 3.04. The van der Waals surface area contributed by atoms with Crippen LogP contribution < -0.4 is 10.6 Å². The summed E-state index contributed by atoms with van der Waals surface area (Å²) < 4.78 is 16.2. The number of carboxylic acid groups (broad SMARTS) is 1. The lowest BCUT2D eigenvalue weighted by molar-refractivity contribution is 0.0747. The predicted molar refractivity (Wildman–Crippen MR) is 99.1 cm³/mol. The lowest BCUT2D eigenvalue weighted by Gasteiger charge is -2.46. The third-order valence-electron chi connectivity index (χ3n) is 5.12. The molecule has 1 unspecified atom stereocenters. The van der Waals surface area contributed by atoms with Crippen LogP contribution in [0.25, 0.3) is 5.52 Å². The van der Waals surface area contributed by atoms with Crippen LogP contribution in [-0.4, -0.2) is 51.4 Å². The molecule has 3 rings (SSSR count). The number of piperazine rings is 1. The molecule has 0 bridgehead atoms. The van der Waals surface area contributed by atoms with Gasteiger partial charge in [0.2, 0.25) is 0 Å². The largest absolute Gasteiger partial charge is 0.465 e. The SMILES string of the molecule is CCc1nn2cc(F)c(N3CCN(C(=O)O)C(C(C)(C)C)C3)cc2c1N. The number of pyridine rings is 1. The Bertz CT molecular complexity index is 842. The highest BCUT2D eigenvalue weighted by Crippen LogP contribution is 2.32. The zero-order valence-electron chi connectivity index (χ0n) is 15.7. The van der Waals surface area contributed by atoms with Gasteiger partial charge < -0.3 is 20.6 Å². The Kier molecular flexibility index (Phi) is 4.46. The Balaban J connectivity index is 1.99. The number of nitrogens with two attached hydrogens (primary N) is 1. The molecule has 8 heteroatoms. The van der Waals surface area contributed by atoms with Gasteiger partial charge in [0.15, 0.2) is 5.82 Å². The number of carbonyl (C=O) groups is 1. The van der Waals surface area contributed by atoms with Crippen LogP contribution >= 0.6 is 0 Å². The predicted octanol–water partition coefficient (Wildman–Crippen LogP) is 2.83. The van der Waals surface area contributed by atoms with E-state index in [1.165, 1.54) is 15.6 Å². The standard InChI is InChI=1S/C18H26FN5O2/c1-5-12-16(20)14-8-13(11(19)9-24(14)21-12)22-6-7-23(17(25)26)15(10-22)18(2,3)4/h8-9,15H,5-7,10,20H2,1-4H3,(H,25,26). The second-order valence-electron chi connectivity index (χ2n) is 7.85. The number of hydrogen-bond donors (Lipinski definition) is 2. The topological polar surface area (TPSA) is 87.1 Å². The zero-order chi connectivity index (χ0) is 19.2. The number of nitrogen functional groups attached to an aromatic ring is 1. The van der Waals surface area contributed by atoms with E-state index in [2.05, 4.69) is 5.10 Å². The summed E-state index contributed by atoms with van der Waals surface area (Å²) in [5.74, 6) is -0.390. The minimum Gasteiger partial charge on any atom is -0.465 e. The third-order valence-corrected chi connectivity index (χ3v) is 5.12. The minimum atomic E-state index is -0.937. The van der Waals surface area contributed by atoms with Gasteiger partial charge in [0.05, 0.1) is 34.8 Å². The van der Waals surface area contributed by atoms with Gasteiger partial charge in [0, 0.05) is 19.6 Å². The second-order valence-corrected chi connectivity index (χ2v) is 7.85. The number of aryl methyl sites for hydroxylation is 1. The van der Waals surface area contributed by atoms with Crippen molar-refractivity contribution in [3.05, 3.63) is 23.8 Å². The maximum atomic E-state index is 14.8. The fourth-order valence-corrected chi connectivity index (χ4v) is 3.60. The van der Waals surface area contributed by atoms with Crippen LogP contribution in [0, 0.1) is 11.2 Å². The number of halogens is 1. The molecule has 1 fully saturated rings. The van der Waals surface area contributed by atoms with Crippen molar-refractivity contribution in [3.63, 3.8) is 0 Å². The number of anilines is 2. The first-order chi connectivity index (χ1) is 12.1. The highest BCUT2D eigenvalue weighted by Gasteiger charge is 2.38. The van der Waals surface area contributed by atoms with E-state index in [9.17, 15) is 14.3 Å². The molecule has 1 saturated heterocycles. The first-order valence-electron chi connectivity index (χ1n) is 8.84. The van der Waals surface area contributed by atoms with Gasteiger partial charge in [-0.3, -0.25) is 0 Å². The van der Waals surface area contributed by atoms with Gasteiger partial charge in [-0.1, -0.05) is 27.7 Å². The smallest absolute Gasteiger partial charge is 0.407 e. The van der Waals surface area contributed by atoms with Crippen LogP contribution in [0.5, 0.6) is 0 Å². The van der Waals surface area contributed by atoms with E-state index in [0.717, 1.165) is 5.69 Å². The lowest BCUT2D eigenvalue weighted by atomic mass is 9.84. The molecule has 0 radical (unpaired) electrons. The Morgan fingerprint density at radius 2 is 2.12 bits per heavy atom. The van der Waals surface area contributed by atoms with Crippen molar-refractivity contribution in [2.24, 2.45) is 5.41 Å². The molecule has 3 heterocycles. The van der Waals surface area contributed by atoms with Gasteiger partial charge in [-0.25, -0.2) is 13.7 Å². The molecular weight excluding hydrogens is 337 g/mol. The Morgan fingerprint density at radius 1 is 1.42 bits per heavy atom. The van der Waals surface area contributed by atoms with E-state index in [1.54, 1.807) is 6.07 Å². The Morgan fingerprint density at radius 3 is 2.69 bits per heavy atom. The molecule has 0 aliphatic carbocycles. The Hall–Kier alpha value is -2.51. The van der Waals surface area contributed by atoms with E-state index in [-0.39, 0.29) is 17.3 Å². The highest BCUT2D eigenvalue weighted by atomic mass is 19.1. The molecule has 3 N–H and O–H groups in total. The number of aromatic nitrogens is 2. The van der Waals surface area contributed by atoms with Crippen molar-refractivity contribution in [3.8, 4) is 0 Å². The fourth-order valence-electron chi connectivity index (χ4n) is 3.60. The summed E-state index contributed by atoms with van der Waals surface area (Å²) in [5, 5.41) is 13.8. The molecule has 0 aromatic carbocycles. The van der Waals surface area contributed by atoms with E-state index in [1.807, 2.05) is 32.6 Å². The fraction of sp³-hybridized carbons (Fsp3) is 0.556. The summed E-state index contributed by atoms with van der Waals surface area (Å²) in [6.45, 7) is 9.14. The molecule has 0 spiro atoms. The van der Waals surface area contributed by atoms with E-state index >= 15 is 0 Å². The molecule has 1 atom stereocenters. The molecule has 1 aliphatic rings. The summed E-state index contributed by atoms with van der Waals surface area (Å²) in [5.41, 5.74) is 8.29. The normalized spacial score (nSPS) is 18.6. The van der Waals surface area contributed by atoms with Gasteiger partial charge in [0.25, 0.3) is 0 Å². The van der Waals surface area contributed by atoms with Crippen LogP contribution in [0.2, 0.25) is 0 Å². The highest BCUT2D eigenvalue weighted by molar-refractivity contribution is 5.76. The molecule has 2 aromatic rings. The van der Waals surface area contributed by atoms with Gasteiger partial charge >= 0.3 is 6.09 Å². The van der Waals surface area contributed by atoms with Crippen molar-refractivity contribution >= 4 is 23.0 Å². The van der Waals surface area contributed by atoms with E-state index in [0.29, 0.717) is 42.9 Å². The van der Waals surface area contributed by atoms with Gasteiger partial charge in [-0.15, -0.1) is 0 Å². The summed E-state index contributed by atoms with van der Waals surface area (Å²) in [7, 11) is 0. The number of nitrogens with zero attached hydrogens (tertiary/aromatic N) is 4. The van der Waals surface area contributed by atoms with Crippen molar-refractivity contribution in [1.82, 2.24) is 14.5 Å². The molecule has 142 valence electrons. The van der Waals surface area contributed by atoms with Crippen LogP contribution in [0.3, 0.4) is 0 Å². The Labute approximate surface area is 152 Å². The molecule has 0 saturated carbocycles. The summed E-state index contributed by atoms with van der Waals surface area (Å²) in [4.78, 5) is 14.9. The van der Waals surface area contributed by atoms with Crippen molar-refractivity contribution in [2.75, 3.05) is 30.3 Å². The molecule has 1 aliphatic heterocycles. The first-order valence-corrected chi connectivity index (χ1v) is 8.84. The van der Waals surface area contributed by atoms with Crippen molar-refractivity contribution in [2.45, 2.75) is 40.2 Å². The molecule has 1 amide bonds. The molecule has 26 heavy (non-hydrogen) atoms. The second kappa shape index (κ2) is 6.34. The number of amides is 1. The summed E-state index contributed by atoms with van der Waals surface area (Å²) in [6, 6.07) is 1.48. The van der Waals surface area contributed by atoms with Gasteiger partial charge in [-0.2, -0.15) is 5.10 Å². The minimum absolute atomic E-state index is 0.238. The number of fused-ring (bicyclic) bond motifs is 1. The van der Waals surface area contributed by atoms with Crippen LogP contribution in [0.15, 0.2) is 12.3 Å². The van der Waals surface area contributed by atoms with Crippen LogP contribution in [0.1, 0.15) is 33.4 Å². The molecule has 2 aromatic heterocycles. The summed E-state index contributed by atoms with van der Waals surface area (Å²) >= 11 is 0. The average molecular weight is 363 g/mol. The summed E-state index contributed by atoms with van der Waals surface area (Å²) in [6.07, 6.45) is 1.08. The molecular formula is C18H26FN5O2. The lowest BCUT2D eigenvalue weighted by Crippen LogP contribution is -2.59. The molecule has 7 nitrogen and oxygen atoms in total. The monoisotopic (exact) mass is 363 g/mol. The first kappa shape index (κ1) is 18.3. The maximum absolute atomic E-state index is 14.8. The van der Waals surface area contributed by atoms with Crippen molar-refractivity contribution < 1.29 is 14.3 Å². The van der Waals surface area contributed by atoms with E-state index in [4.69, 9.17) is 5.73 Å². The van der Waals surface area contributed by atoms with Gasteiger partial charge in [0.1, 0.15) is 0 Å². The van der Waals surface area contributed by atoms with Crippen LogP contribution in [-0.2, 0) is 6.42 Å².